The van der Waals surface area contributed by atoms with Gasteiger partial charge in [0.05, 0.1) is 10.9 Å². The van der Waals surface area contributed by atoms with Crippen molar-refractivity contribution < 1.29 is 4.79 Å². The van der Waals surface area contributed by atoms with Gasteiger partial charge in [-0.15, -0.1) is 0 Å². The molecule has 2 aromatic rings. The van der Waals surface area contributed by atoms with Gasteiger partial charge in [0.25, 0.3) is 11.5 Å². The minimum absolute atomic E-state index is 0.158. The zero-order chi connectivity index (χ0) is 15.0. The largest absolute Gasteiger partial charge is 0.352 e. The Morgan fingerprint density at radius 2 is 1.95 bits per heavy atom. The second kappa shape index (κ2) is 4.92. The van der Waals surface area contributed by atoms with Crippen LogP contribution in [0.5, 0.6) is 0 Å². The molecular formula is C13H16N4O3. The summed E-state index contributed by atoms with van der Waals surface area (Å²) in [5, 5.41) is 2.82. The Labute approximate surface area is 114 Å². The van der Waals surface area contributed by atoms with Crippen LogP contribution in [-0.4, -0.2) is 26.6 Å². The van der Waals surface area contributed by atoms with Crippen LogP contribution in [0.25, 0.3) is 11.0 Å². The highest BCUT2D eigenvalue weighted by molar-refractivity contribution is 6.05. The van der Waals surface area contributed by atoms with Crippen molar-refractivity contribution in [3.05, 3.63) is 38.2 Å². The lowest BCUT2D eigenvalue weighted by atomic mass is 10.1. The quantitative estimate of drug-likeness (QED) is 0.815. The van der Waals surface area contributed by atoms with Gasteiger partial charge < -0.3 is 5.32 Å². The van der Waals surface area contributed by atoms with Crippen molar-refractivity contribution in [3.8, 4) is 0 Å². The van der Waals surface area contributed by atoms with Gasteiger partial charge in [0.15, 0.2) is 0 Å². The molecule has 0 unspecified atom stereocenters. The van der Waals surface area contributed by atoms with E-state index in [9.17, 15) is 14.4 Å². The predicted octanol–water partition coefficient (Wildman–Crippen LogP) is -0.310. The third-order valence-electron chi connectivity index (χ3n) is 3.12. The average Bonchev–Trinajstić information content (AvgIpc) is 2.42. The highest BCUT2D eigenvalue weighted by Gasteiger charge is 2.18. The fourth-order valence-electron chi connectivity index (χ4n) is 2.12. The van der Waals surface area contributed by atoms with E-state index in [-0.39, 0.29) is 22.5 Å². The molecule has 0 atom stereocenters. The van der Waals surface area contributed by atoms with Crippen LogP contribution in [0.4, 0.5) is 0 Å². The van der Waals surface area contributed by atoms with Crippen molar-refractivity contribution in [1.82, 2.24) is 19.4 Å². The Kier molecular flexibility index (Phi) is 3.44. The summed E-state index contributed by atoms with van der Waals surface area (Å²) >= 11 is 0. The summed E-state index contributed by atoms with van der Waals surface area (Å²) in [6, 6.07) is 1.55. The van der Waals surface area contributed by atoms with Gasteiger partial charge in [0, 0.05) is 26.3 Å². The van der Waals surface area contributed by atoms with Crippen molar-refractivity contribution in [2.24, 2.45) is 14.1 Å². The standard InChI is InChI=1S/C13H16N4O3/c1-5-14-11(18)8-6-7(2)15-10-9(8)12(19)17(4)13(20)16(10)3/h6H,5H2,1-4H3,(H,14,18). The van der Waals surface area contributed by atoms with Gasteiger partial charge in [0.2, 0.25) is 0 Å². The number of pyridine rings is 1. The van der Waals surface area contributed by atoms with Crippen LogP contribution >= 0.6 is 0 Å². The van der Waals surface area contributed by atoms with Gasteiger partial charge in [-0.1, -0.05) is 0 Å². The van der Waals surface area contributed by atoms with Crippen LogP contribution in [0.2, 0.25) is 0 Å². The maximum absolute atomic E-state index is 12.3. The van der Waals surface area contributed by atoms with Gasteiger partial charge in [0.1, 0.15) is 5.65 Å². The number of rotatable bonds is 2. The zero-order valence-corrected chi connectivity index (χ0v) is 11.9. The first kappa shape index (κ1) is 14.0. The maximum atomic E-state index is 12.3. The molecule has 0 aliphatic rings. The first-order valence-corrected chi connectivity index (χ1v) is 6.24. The summed E-state index contributed by atoms with van der Waals surface area (Å²) in [6.07, 6.45) is 0. The van der Waals surface area contributed by atoms with Crippen LogP contribution < -0.4 is 16.6 Å². The van der Waals surface area contributed by atoms with Crippen LogP contribution in [0.3, 0.4) is 0 Å². The summed E-state index contributed by atoms with van der Waals surface area (Å²) in [6.45, 7) is 3.96. The van der Waals surface area contributed by atoms with E-state index in [4.69, 9.17) is 0 Å². The summed E-state index contributed by atoms with van der Waals surface area (Å²) in [5.74, 6) is -0.348. The van der Waals surface area contributed by atoms with Crippen LogP contribution in [-0.2, 0) is 14.1 Å². The molecule has 0 radical (unpaired) electrons. The molecule has 0 aromatic carbocycles. The first-order valence-electron chi connectivity index (χ1n) is 6.24. The van der Waals surface area contributed by atoms with E-state index in [1.165, 1.54) is 18.7 Å². The molecule has 2 aromatic heterocycles. The number of aromatic nitrogens is 3. The molecule has 2 heterocycles. The lowest BCUT2D eigenvalue weighted by molar-refractivity contribution is 0.0957. The van der Waals surface area contributed by atoms with E-state index >= 15 is 0 Å². The van der Waals surface area contributed by atoms with Gasteiger partial charge in [-0.25, -0.2) is 9.78 Å². The molecule has 0 saturated heterocycles. The molecule has 7 heteroatoms. The number of aryl methyl sites for hydroxylation is 2. The lowest BCUT2D eigenvalue weighted by Gasteiger charge is -2.11. The van der Waals surface area contributed by atoms with Crippen LogP contribution in [0.15, 0.2) is 15.7 Å². The van der Waals surface area contributed by atoms with E-state index in [1.807, 2.05) is 0 Å². The van der Waals surface area contributed by atoms with Crippen molar-refractivity contribution in [3.63, 3.8) is 0 Å². The molecule has 0 saturated carbocycles. The van der Waals surface area contributed by atoms with E-state index in [0.717, 1.165) is 4.57 Å². The number of fused-ring (bicyclic) bond motifs is 1. The lowest BCUT2D eigenvalue weighted by Crippen LogP contribution is -2.38. The average molecular weight is 276 g/mol. The second-order valence-corrected chi connectivity index (χ2v) is 4.58. The molecule has 0 aliphatic heterocycles. The Hall–Kier alpha value is -2.44. The van der Waals surface area contributed by atoms with Gasteiger partial charge in [-0.05, 0) is 19.9 Å². The molecule has 20 heavy (non-hydrogen) atoms. The zero-order valence-electron chi connectivity index (χ0n) is 11.9. The van der Waals surface area contributed by atoms with Crippen molar-refractivity contribution in [2.75, 3.05) is 6.54 Å². The summed E-state index contributed by atoms with van der Waals surface area (Å²) < 4.78 is 2.24. The third-order valence-corrected chi connectivity index (χ3v) is 3.12. The molecular weight excluding hydrogens is 260 g/mol. The second-order valence-electron chi connectivity index (χ2n) is 4.58. The third kappa shape index (κ3) is 2.01. The first-order chi connectivity index (χ1) is 9.38. The Morgan fingerprint density at radius 3 is 2.55 bits per heavy atom. The molecule has 0 bridgehead atoms. The minimum Gasteiger partial charge on any atom is -0.352 e. The van der Waals surface area contributed by atoms with E-state index < -0.39 is 11.2 Å². The summed E-state index contributed by atoms with van der Waals surface area (Å²) in [4.78, 5) is 40.5. The van der Waals surface area contributed by atoms with Crippen molar-refractivity contribution in [2.45, 2.75) is 13.8 Å². The Morgan fingerprint density at radius 1 is 1.30 bits per heavy atom. The molecule has 7 nitrogen and oxygen atoms in total. The summed E-state index contributed by atoms with van der Waals surface area (Å²) in [7, 11) is 2.91. The van der Waals surface area contributed by atoms with Crippen molar-refractivity contribution >= 4 is 16.9 Å². The molecule has 0 spiro atoms. The molecule has 0 aliphatic carbocycles. The fourth-order valence-corrected chi connectivity index (χ4v) is 2.12. The van der Waals surface area contributed by atoms with Gasteiger partial charge in [-0.2, -0.15) is 0 Å². The summed E-state index contributed by atoms with van der Waals surface area (Å²) in [5.41, 5.74) is 0.0474. The van der Waals surface area contributed by atoms with Crippen LogP contribution in [0, 0.1) is 6.92 Å². The number of hydrogen-bond acceptors (Lipinski definition) is 4. The Bertz CT molecular complexity index is 817. The highest BCUT2D eigenvalue weighted by atomic mass is 16.2. The normalized spacial score (nSPS) is 10.8. The van der Waals surface area contributed by atoms with E-state index in [0.29, 0.717) is 12.2 Å². The number of amides is 1. The molecule has 1 amide bonds. The number of hydrogen-bond donors (Lipinski definition) is 1. The molecule has 1 N–H and O–H groups in total. The van der Waals surface area contributed by atoms with E-state index in [2.05, 4.69) is 10.3 Å². The van der Waals surface area contributed by atoms with Crippen molar-refractivity contribution in [1.29, 1.82) is 0 Å². The monoisotopic (exact) mass is 276 g/mol. The number of nitrogens with zero attached hydrogens (tertiary/aromatic N) is 3. The van der Waals surface area contributed by atoms with Gasteiger partial charge >= 0.3 is 5.69 Å². The molecule has 2 rings (SSSR count). The number of carbonyl (C=O) groups excluding carboxylic acids is 1. The number of carbonyl (C=O) groups is 1. The topological polar surface area (TPSA) is 86.0 Å². The molecule has 106 valence electrons. The van der Waals surface area contributed by atoms with E-state index in [1.54, 1.807) is 19.9 Å². The van der Waals surface area contributed by atoms with Crippen LogP contribution in [0.1, 0.15) is 23.0 Å². The van der Waals surface area contributed by atoms with Gasteiger partial charge in [-0.3, -0.25) is 18.7 Å². The predicted molar refractivity (Wildman–Crippen MR) is 75.0 cm³/mol. The maximum Gasteiger partial charge on any atom is 0.332 e. The minimum atomic E-state index is -0.517. The molecule has 0 fully saturated rings. The fraction of sp³-hybridized carbons (Fsp3) is 0.385. The smallest absolute Gasteiger partial charge is 0.332 e. The SMILES string of the molecule is CCNC(=O)c1cc(C)nc2c1c(=O)n(C)c(=O)n2C. The highest BCUT2D eigenvalue weighted by Crippen LogP contribution is 2.13. The number of nitrogens with one attached hydrogen (secondary N) is 1. The Balaban J connectivity index is 3.00.